The first-order valence-corrected chi connectivity index (χ1v) is 10.5. The summed E-state index contributed by atoms with van der Waals surface area (Å²) in [7, 11) is -0.492. The van der Waals surface area contributed by atoms with Gasteiger partial charge in [0.15, 0.2) is 0 Å². The number of methoxy groups -OCH3 is 1. The second-order valence-electron chi connectivity index (χ2n) is 7.25. The van der Waals surface area contributed by atoms with Crippen molar-refractivity contribution in [2.24, 2.45) is 5.16 Å². The summed E-state index contributed by atoms with van der Waals surface area (Å²) in [5.41, 5.74) is 3.80. The van der Waals surface area contributed by atoms with Gasteiger partial charge in [0.2, 0.25) is 0 Å². The molecule has 0 amide bonds. The molecule has 0 spiro atoms. The molecule has 1 aromatic carbocycles. The zero-order valence-corrected chi connectivity index (χ0v) is 15.3. The third-order valence-corrected chi connectivity index (χ3v) is 8.82. The average Bonchev–Trinajstić information content (AvgIpc) is 2.85. The number of rotatable bonds is 3. The van der Waals surface area contributed by atoms with Gasteiger partial charge in [-0.25, -0.2) is 4.79 Å². The second kappa shape index (κ2) is 5.87. The lowest BCUT2D eigenvalue weighted by atomic mass is 10.1. The van der Waals surface area contributed by atoms with Crippen molar-refractivity contribution in [1.82, 2.24) is 0 Å². The van der Waals surface area contributed by atoms with Crippen LogP contribution in [0.15, 0.2) is 23.4 Å². The Morgan fingerprint density at radius 2 is 1.91 bits per heavy atom. The molecule has 2 rings (SSSR count). The normalized spacial score (nSPS) is 16.5. The van der Waals surface area contributed by atoms with Crippen molar-refractivity contribution < 1.29 is 14.1 Å². The van der Waals surface area contributed by atoms with Gasteiger partial charge in [0, 0.05) is 5.56 Å². The summed E-state index contributed by atoms with van der Waals surface area (Å²) >= 11 is 0. The molecule has 5 heteroatoms. The Morgan fingerprint density at radius 3 is 2.50 bits per heavy atom. The number of carbonyl (C=O) groups excluding carboxylic acids is 1. The van der Waals surface area contributed by atoms with Gasteiger partial charge >= 0.3 is 5.97 Å². The molecular weight excluding hydrogens is 294 g/mol. The standard InChI is InChI=1S/C17H25NO3Si/c1-17(2,3)22(5,6)21-18-15-10-8-12-11-13(16(19)20-4)7-9-14(12)15/h7,9,11H,8,10H2,1-6H3/b18-15+. The Balaban J connectivity index is 2.22. The van der Waals surface area contributed by atoms with E-state index in [2.05, 4.69) is 39.0 Å². The van der Waals surface area contributed by atoms with E-state index >= 15 is 0 Å². The van der Waals surface area contributed by atoms with Crippen LogP contribution in [0.1, 0.15) is 48.7 Å². The summed E-state index contributed by atoms with van der Waals surface area (Å²) in [6.45, 7) is 11.0. The molecule has 4 nitrogen and oxygen atoms in total. The summed E-state index contributed by atoms with van der Waals surface area (Å²) in [6.07, 6.45) is 1.74. The molecule has 22 heavy (non-hydrogen) atoms. The van der Waals surface area contributed by atoms with E-state index in [0.717, 1.165) is 29.7 Å². The van der Waals surface area contributed by atoms with Crippen LogP contribution in [0.5, 0.6) is 0 Å². The third kappa shape index (κ3) is 3.24. The smallest absolute Gasteiger partial charge is 0.337 e. The Morgan fingerprint density at radius 1 is 1.23 bits per heavy atom. The lowest BCUT2D eigenvalue weighted by molar-refractivity contribution is 0.0600. The summed E-state index contributed by atoms with van der Waals surface area (Å²) in [5, 5.41) is 4.59. The number of oxime groups is 1. The van der Waals surface area contributed by atoms with E-state index in [0.29, 0.717) is 5.56 Å². The van der Waals surface area contributed by atoms with E-state index in [1.807, 2.05) is 12.1 Å². The fourth-order valence-corrected chi connectivity index (χ4v) is 2.73. The number of esters is 1. The molecule has 0 unspecified atom stereocenters. The Bertz CT molecular complexity index is 615. The van der Waals surface area contributed by atoms with Crippen LogP contribution in [0.2, 0.25) is 18.1 Å². The molecule has 0 atom stereocenters. The molecule has 1 aliphatic rings. The molecule has 1 aromatic rings. The average molecular weight is 319 g/mol. The van der Waals surface area contributed by atoms with Crippen molar-refractivity contribution >= 4 is 20.0 Å². The maximum absolute atomic E-state index is 11.6. The highest BCUT2D eigenvalue weighted by Gasteiger charge is 2.40. The topological polar surface area (TPSA) is 47.9 Å². The highest BCUT2D eigenvalue weighted by Crippen LogP contribution is 2.37. The minimum atomic E-state index is -1.89. The number of fused-ring (bicyclic) bond motifs is 1. The number of nitrogens with zero attached hydrogens (tertiary/aromatic N) is 1. The van der Waals surface area contributed by atoms with Crippen LogP contribution in [-0.4, -0.2) is 27.1 Å². The Labute approximate surface area is 133 Å². The van der Waals surface area contributed by atoms with Crippen molar-refractivity contribution in [2.45, 2.75) is 51.7 Å². The fraction of sp³-hybridized carbons (Fsp3) is 0.529. The summed E-state index contributed by atoms with van der Waals surface area (Å²) in [6, 6.07) is 5.64. The second-order valence-corrected chi connectivity index (χ2v) is 12.0. The summed E-state index contributed by atoms with van der Waals surface area (Å²) in [4.78, 5) is 11.6. The molecule has 0 radical (unpaired) electrons. The highest BCUT2D eigenvalue weighted by molar-refractivity contribution is 6.74. The van der Waals surface area contributed by atoms with Gasteiger partial charge in [-0.05, 0) is 48.7 Å². The van der Waals surface area contributed by atoms with Gasteiger partial charge in [0.1, 0.15) is 0 Å². The molecule has 0 saturated carbocycles. The van der Waals surface area contributed by atoms with Crippen LogP contribution < -0.4 is 0 Å². The van der Waals surface area contributed by atoms with Gasteiger partial charge in [-0.2, -0.15) is 0 Å². The molecule has 0 aromatic heterocycles. The first-order valence-electron chi connectivity index (χ1n) is 7.62. The van der Waals surface area contributed by atoms with Crippen molar-refractivity contribution in [3.8, 4) is 0 Å². The molecule has 0 saturated heterocycles. The zero-order chi connectivity index (χ0) is 16.5. The molecule has 0 N–H and O–H groups in total. The molecule has 0 heterocycles. The van der Waals surface area contributed by atoms with Crippen LogP contribution in [0.4, 0.5) is 0 Å². The molecular formula is C17H25NO3Si. The lowest BCUT2D eigenvalue weighted by Gasteiger charge is -2.33. The molecule has 0 aliphatic heterocycles. The molecule has 120 valence electrons. The number of benzene rings is 1. The van der Waals surface area contributed by atoms with Crippen LogP contribution in [0.25, 0.3) is 0 Å². The van der Waals surface area contributed by atoms with Gasteiger partial charge in [0.05, 0.1) is 18.4 Å². The van der Waals surface area contributed by atoms with Crippen LogP contribution in [-0.2, 0) is 15.7 Å². The number of ether oxygens (including phenoxy) is 1. The predicted molar refractivity (Wildman–Crippen MR) is 90.9 cm³/mol. The van der Waals surface area contributed by atoms with Gasteiger partial charge in [0.25, 0.3) is 8.32 Å². The SMILES string of the molecule is COC(=O)c1ccc2c(c1)CC/C2=N\O[Si](C)(C)C(C)(C)C. The van der Waals surface area contributed by atoms with Crippen LogP contribution >= 0.6 is 0 Å². The first kappa shape index (κ1) is 16.7. The van der Waals surface area contributed by atoms with Crippen molar-refractivity contribution in [3.05, 3.63) is 34.9 Å². The Hall–Kier alpha value is -1.62. The van der Waals surface area contributed by atoms with Crippen molar-refractivity contribution in [2.75, 3.05) is 7.11 Å². The van der Waals surface area contributed by atoms with Crippen LogP contribution in [0.3, 0.4) is 0 Å². The van der Waals surface area contributed by atoms with E-state index in [1.54, 1.807) is 6.07 Å². The van der Waals surface area contributed by atoms with Crippen LogP contribution in [0, 0.1) is 0 Å². The summed E-state index contributed by atoms with van der Waals surface area (Å²) < 4.78 is 10.7. The maximum Gasteiger partial charge on any atom is 0.337 e. The van der Waals surface area contributed by atoms with Crippen molar-refractivity contribution in [3.63, 3.8) is 0 Å². The minimum Gasteiger partial charge on any atom is -0.465 e. The number of hydrogen-bond acceptors (Lipinski definition) is 4. The number of carbonyl (C=O) groups is 1. The Kier molecular flexibility index (Phi) is 4.47. The largest absolute Gasteiger partial charge is 0.465 e. The number of aryl methyl sites for hydroxylation is 1. The van der Waals surface area contributed by atoms with Gasteiger partial charge in [-0.3, -0.25) is 0 Å². The monoisotopic (exact) mass is 319 g/mol. The minimum absolute atomic E-state index is 0.132. The van der Waals surface area contributed by atoms with Gasteiger partial charge < -0.3 is 9.26 Å². The van der Waals surface area contributed by atoms with Gasteiger partial charge in [-0.1, -0.05) is 26.8 Å². The van der Waals surface area contributed by atoms with Gasteiger partial charge in [-0.15, -0.1) is 5.16 Å². The van der Waals surface area contributed by atoms with E-state index in [1.165, 1.54) is 7.11 Å². The zero-order valence-electron chi connectivity index (χ0n) is 14.3. The van der Waals surface area contributed by atoms with E-state index in [-0.39, 0.29) is 11.0 Å². The molecule has 0 bridgehead atoms. The van der Waals surface area contributed by atoms with E-state index < -0.39 is 8.32 Å². The first-order chi connectivity index (χ1) is 10.2. The predicted octanol–water partition coefficient (Wildman–Crippen LogP) is 4.15. The third-order valence-electron chi connectivity index (χ3n) is 4.66. The quantitative estimate of drug-likeness (QED) is 0.478. The fourth-order valence-electron chi connectivity index (χ4n) is 2.12. The highest BCUT2D eigenvalue weighted by atomic mass is 28.4. The van der Waals surface area contributed by atoms with Crippen molar-refractivity contribution in [1.29, 1.82) is 0 Å². The number of hydrogen-bond donors (Lipinski definition) is 0. The molecule has 1 aliphatic carbocycles. The van der Waals surface area contributed by atoms with E-state index in [4.69, 9.17) is 9.26 Å². The lowest BCUT2D eigenvalue weighted by Crippen LogP contribution is -2.39. The van der Waals surface area contributed by atoms with E-state index in [9.17, 15) is 4.79 Å². The molecule has 0 fully saturated rings. The summed E-state index contributed by atoms with van der Waals surface area (Å²) in [5.74, 6) is -0.300. The maximum atomic E-state index is 11.6.